The molecule has 20 heavy (non-hydrogen) atoms. The van der Waals surface area contributed by atoms with Crippen molar-refractivity contribution in [2.45, 2.75) is 32.3 Å². The third-order valence-corrected chi connectivity index (χ3v) is 5.37. The van der Waals surface area contributed by atoms with Gasteiger partial charge >= 0.3 is 5.97 Å². The molecule has 1 saturated heterocycles. The van der Waals surface area contributed by atoms with E-state index < -0.39 is 16.2 Å². The summed E-state index contributed by atoms with van der Waals surface area (Å²) in [5.74, 6) is -0.415. The van der Waals surface area contributed by atoms with E-state index in [-0.39, 0.29) is 19.1 Å². The summed E-state index contributed by atoms with van der Waals surface area (Å²) in [4.78, 5) is 11.1. The van der Waals surface area contributed by atoms with Gasteiger partial charge in [-0.2, -0.15) is 17.0 Å². The zero-order valence-electron chi connectivity index (χ0n) is 12.4. The van der Waals surface area contributed by atoms with Crippen molar-refractivity contribution in [1.82, 2.24) is 8.61 Å². The predicted molar refractivity (Wildman–Crippen MR) is 74.4 cm³/mol. The lowest BCUT2D eigenvalue weighted by Crippen LogP contribution is -2.47. The summed E-state index contributed by atoms with van der Waals surface area (Å²) in [7, 11) is -0.735. The molecule has 0 N–H and O–H groups in total. The van der Waals surface area contributed by atoms with E-state index in [1.807, 2.05) is 6.92 Å². The average molecular weight is 308 g/mol. The predicted octanol–water partition coefficient (Wildman–Crippen LogP) is 0.227. The number of carbonyl (C=O) groups is 1. The van der Waals surface area contributed by atoms with Crippen molar-refractivity contribution in [3.63, 3.8) is 0 Å². The number of methoxy groups -OCH3 is 1. The molecule has 0 bridgehead atoms. The van der Waals surface area contributed by atoms with Crippen LogP contribution < -0.4 is 0 Å². The number of rotatable bonds is 7. The summed E-state index contributed by atoms with van der Waals surface area (Å²) in [5.41, 5.74) is 0. The van der Waals surface area contributed by atoms with Gasteiger partial charge in [-0.3, -0.25) is 4.79 Å². The Morgan fingerprint density at radius 1 is 1.35 bits per heavy atom. The molecule has 1 aliphatic rings. The highest BCUT2D eigenvalue weighted by Gasteiger charge is 2.31. The van der Waals surface area contributed by atoms with E-state index in [4.69, 9.17) is 4.74 Å². The van der Waals surface area contributed by atoms with Gasteiger partial charge in [-0.25, -0.2) is 0 Å². The van der Waals surface area contributed by atoms with Crippen LogP contribution in [-0.2, 0) is 24.5 Å². The summed E-state index contributed by atoms with van der Waals surface area (Å²) >= 11 is 0. The average Bonchev–Trinajstić information content (AvgIpc) is 2.45. The molecule has 118 valence electrons. The Balaban J connectivity index is 2.50. The fraction of sp³-hybridized carbons (Fsp3) is 0.917. The minimum Gasteiger partial charge on any atom is -0.469 e. The molecular weight excluding hydrogens is 284 g/mol. The van der Waals surface area contributed by atoms with Crippen LogP contribution in [0.4, 0.5) is 0 Å². The number of ether oxygens (including phenoxy) is 2. The molecule has 0 atom stereocenters. The van der Waals surface area contributed by atoms with Crippen molar-refractivity contribution in [2.24, 2.45) is 0 Å². The van der Waals surface area contributed by atoms with Crippen LogP contribution in [0, 0.1) is 0 Å². The number of nitrogens with zero attached hydrogens (tertiary/aromatic N) is 2. The maximum Gasteiger partial charge on any atom is 0.306 e. The molecule has 1 rings (SSSR count). The van der Waals surface area contributed by atoms with Gasteiger partial charge in [0.1, 0.15) is 0 Å². The Bertz CT molecular complexity index is 404. The van der Waals surface area contributed by atoms with E-state index in [0.717, 1.165) is 0 Å². The van der Waals surface area contributed by atoms with Crippen LogP contribution in [-0.4, -0.2) is 69.5 Å². The van der Waals surface area contributed by atoms with Gasteiger partial charge in [-0.05, 0) is 19.8 Å². The quantitative estimate of drug-likeness (QED) is 0.629. The van der Waals surface area contributed by atoms with Crippen molar-refractivity contribution in [3.8, 4) is 0 Å². The maximum absolute atomic E-state index is 12.3. The standard InChI is InChI=1S/C12H24N2O5S/c1-4-19-11-5-9-14(10-6-11)20(16,17)13(2)8-7-12(15)18-3/h11H,4-10H2,1-3H3. The third-order valence-electron chi connectivity index (χ3n) is 3.38. The fourth-order valence-electron chi connectivity index (χ4n) is 2.13. The van der Waals surface area contributed by atoms with Gasteiger partial charge in [-0.1, -0.05) is 0 Å². The first-order valence-electron chi connectivity index (χ1n) is 6.81. The number of piperidine rings is 1. The Morgan fingerprint density at radius 2 is 1.95 bits per heavy atom. The van der Waals surface area contributed by atoms with Crippen LogP contribution in [0.15, 0.2) is 0 Å². The highest BCUT2D eigenvalue weighted by Crippen LogP contribution is 2.18. The van der Waals surface area contributed by atoms with Gasteiger partial charge in [0.15, 0.2) is 0 Å². The number of hydrogen-bond acceptors (Lipinski definition) is 5. The molecule has 1 aliphatic heterocycles. The van der Waals surface area contributed by atoms with Gasteiger partial charge in [0.05, 0.1) is 19.6 Å². The number of esters is 1. The van der Waals surface area contributed by atoms with Gasteiger partial charge in [-0.15, -0.1) is 0 Å². The minimum absolute atomic E-state index is 0.0572. The SMILES string of the molecule is CCOC1CCN(S(=O)(=O)N(C)CCC(=O)OC)CC1. The van der Waals surface area contributed by atoms with Crippen LogP contribution >= 0.6 is 0 Å². The van der Waals surface area contributed by atoms with Gasteiger partial charge in [0.25, 0.3) is 10.2 Å². The second kappa shape index (κ2) is 7.92. The van der Waals surface area contributed by atoms with E-state index in [1.165, 1.54) is 22.8 Å². The molecule has 1 heterocycles. The lowest BCUT2D eigenvalue weighted by molar-refractivity contribution is -0.140. The molecule has 0 aliphatic carbocycles. The molecule has 0 aromatic rings. The summed E-state index contributed by atoms with van der Waals surface area (Å²) in [5, 5.41) is 0. The molecule has 0 unspecified atom stereocenters. The van der Waals surface area contributed by atoms with Crippen molar-refractivity contribution < 1.29 is 22.7 Å². The van der Waals surface area contributed by atoms with Crippen LogP contribution in [0.1, 0.15) is 26.2 Å². The lowest BCUT2D eigenvalue weighted by atomic mass is 10.1. The highest BCUT2D eigenvalue weighted by molar-refractivity contribution is 7.86. The zero-order valence-corrected chi connectivity index (χ0v) is 13.2. The van der Waals surface area contributed by atoms with Gasteiger partial charge < -0.3 is 9.47 Å². The highest BCUT2D eigenvalue weighted by atomic mass is 32.2. The Kier molecular flexibility index (Phi) is 6.87. The number of carbonyl (C=O) groups excluding carboxylic acids is 1. The van der Waals surface area contributed by atoms with Crippen LogP contribution in [0.2, 0.25) is 0 Å². The van der Waals surface area contributed by atoms with E-state index in [1.54, 1.807) is 0 Å². The summed E-state index contributed by atoms with van der Waals surface area (Å²) in [6.07, 6.45) is 1.61. The topological polar surface area (TPSA) is 76.2 Å². The molecule has 1 fully saturated rings. The molecule has 7 nitrogen and oxygen atoms in total. The van der Waals surface area contributed by atoms with Crippen LogP contribution in [0.5, 0.6) is 0 Å². The normalized spacial score (nSPS) is 18.4. The molecule has 0 saturated carbocycles. The molecule has 8 heteroatoms. The van der Waals surface area contributed by atoms with E-state index in [2.05, 4.69) is 4.74 Å². The minimum atomic E-state index is -3.50. The van der Waals surface area contributed by atoms with E-state index in [0.29, 0.717) is 32.5 Å². The largest absolute Gasteiger partial charge is 0.469 e. The smallest absolute Gasteiger partial charge is 0.306 e. The molecule has 0 spiro atoms. The Hall–Kier alpha value is -0.700. The summed E-state index contributed by atoms with van der Waals surface area (Å²) in [6.45, 7) is 3.62. The summed E-state index contributed by atoms with van der Waals surface area (Å²) in [6, 6.07) is 0. The molecule has 0 radical (unpaired) electrons. The summed E-state index contributed by atoms with van der Waals surface area (Å²) < 4.78 is 37.3. The first kappa shape index (κ1) is 17.4. The monoisotopic (exact) mass is 308 g/mol. The van der Waals surface area contributed by atoms with Crippen molar-refractivity contribution in [3.05, 3.63) is 0 Å². The Labute approximate surface area is 121 Å². The van der Waals surface area contributed by atoms with Crippen LogP contribution in [0.25, 0.3) is 0 Å². The molecular formula is C12H24N2O5S. The van der Waals surface area contributed by atoms with Crippen molar-refractivity contribution >= 4 is 16.2 Å². The van der Waals surface area contributed by atoms with E-state index >= 15 is 0 Å². The lowest BCUT2D eigenvalue weighted by Gasteiger charge is -2.33. The third kappa shape index (κ3) is 4.69. The van der Waals surface area contributed by atoms with Crippen molar-refractivity contribution in [2.75, 3.05) is 40.4 Å². The Morgan fingerprint density at radius 3 is 2.45 bits per heavy atom. The maximum atomic E-state index is 12.3. The first-order chi connectivity index (χ1) is 9.41. The molecule has 0 amide bonds. The second-order valence-corrected chi connectivity index (χ2v) is 6.74. The van der Waals surface area contributed by atoms with Crippen molar-refractivity contribution in [1.29, 1.82) is 0 Å². The van der Waals surface area contributed by atoms with Crippen LogP contribution in [0.3, 0.4) is 0 Å². The number of hydrogen-bond donors (Lipinski definition) is 0. The molecule has 0 aromatic carbocycles. The van der Waals surface area contributed by atoms with E-state index in [9.17, 15) is 13.2 Å². The van der Waals surface area contributed by atoms with Gasteiger partial charge in [0.2, 0.25) is 0 Å². The first-order valence-corrected chi connectivity index (χ1v) is 8.21. The zero-order chi connectivity index (χ0) is 15.2. The second-order valence-electron chi connectivity index (χ2n) is 4.71. The van der Waals surface area contributed by atoms with Gasteiger partial charge in [0, 0.05) is 33.3 Å². The molecule has 0 aromatic heterocycles. The fourth-order valence-corrected chi connectivity index (χ4v) is 3.52.